The molecule has 3 nitrogen and oxygen atoms in total. The topological polar surface area (TPSA) is 46.3 Å². The summed E-state index contributed by atoms with van der Waals surface area (Å²) in [6.07, 6.45) is 2.10. The molecule has 1 aliphatic heterocycles. The van der Waals surface area contributed by atoms with E-state index in [0.717, 1.165) is 25.1 Å². The number of aryl methyl sites for hydroxylation is 2. The summed E-state index contributed by atoms with van der Waals surface area (Å²) in [7, 11) is 0. The summed E-state index contributed by atoms with van der Waals surface area (Å²) in [5, 5.41) is 0. The summed E-state index contributed by atoms with van der Waals surface area (Å²) >= 11 is 0. The third-order valence-corrected chi connectivity index (χ3v) is 3.80. The van der Waals surface area contributed by atoms with E-state index in [0.29, 0.717) is 0 Å². The fourth-order valence-corrected chi connectivity index (χ4v) is 2.38. The lowest BCUT2D eigenvalue weighted by atomic mass is 9.96. The van der Waals surface area contributed by atoms with Crippen LogP contribution >= 0.6 is 0 Å². The highest BCUT2D eigenvalue weighted by Gasteiger charge is 2.27. The summed E-state index contributed by atoms with van der Waals surface area (Å²) in [6, 6.07) is 6.26. The van der Waals surface area contributed by atoms with Crippen molar-refractivity contribution in [1.82, 2.24) is 0 Å². The summed E-state index contributed by atoms with van der Waals surface area (Å²) in [5.41, 5.74) is 9.40. The summed E-state index contributed by atoms with van der Waals surface area (Å²) in [4.78, 5) is 14.4. The van der Waals surface area contributed by atoms with Gasteiger partial charge in [-0.2, -0.15) is 0 Å². The highest BCUT2D eigenvalue weighted by Crippen LogP contribution is 2.29. The number of rotatable bonds is 2. The molecule has 0 saturated carbocycles. The molecule has 2 rings (SSSR count). The Kier molecular flexibility index (Phi) is 3.71. The first-order valence-electron chi connectivity index (χ1n) is 6.67. The van der Waals surface area contributed by atoms with Crippen LogP contribution in [0.5, 0.6) is 0 Å². The number of nitrogens with zero attached hydrogens (tertiary/aromatic N) is 1. The van der Waals surface area contributed by atoms with Gasteiger partial charge in [0.2, 0.25) is 5.91 Å². The molecule has 1 aromatic carbocycles. The summed E-state index contributed by atoms with van der Waals surface area (Å²) < 4.78 is 0. The molecule has 98 valence electrons. The molecule has 0 bridgehead atoms. The van der Waals surface area contributed by atoms with Crippen LogP contribution in [0.4, 0.5) is 5.69 Å². The predicted molar refractivity (Wildman–Crippen MR) is 74.7 cm³/mol. The molecule has 1 aliphatic rings. The van der Waals surface area contributed by atoms with E-state index >= 15 is 0 Å². The molecule has 0 radical (unpaired) electrons. The molecular weight excluding hydrogens is 224 g/mol. The number of anilines is 1. The fraction of sp³-hybridized carbons (Fsp3) is 0.533. The van der Waals surface area contributed by atoms with E-state index in [4.69, 9.17) is 5.73 Å². The van der Waals surface area contributed by atoms with Crippen molar-refractivity contribution >= 4 is 11.6 Å². The quantitative estimate of drug-likeness (QED) is 0.870. The minimum Gasteiger partial charge on any atom is -0.327 e. The van der Waals surface area contributed by atoms with Crippen LogP contribution in [0.1, 0.15) is 31.4 Å². The van der Waals surface area contributed by atoms with Crippen molar-refractivity contribution in [3.8, 4) is 0 Å². The van der Waals surface area contributed by atoms with Gasteiger partial charge in [0, 0.05) is 18.3 Å². The van der Waals surface area contributed by atoms with Gasteiger partial charge in [0.1, 0.15) is 0 Å². The first-order valence-corrected chi connectivity index (χ1v) is 6.67. The maximum absolute atomic E-state index is 12.5. The van der Waals surface area contributed by atoms with Gasteiger partial charge in [0.15, 0.2) is 0 Å². The van der Waals surface area contributed by atoms with Crippen molar-refractivity contribution in [2.75, 3.05) is 11.4 Å². The van der Waals surface area contributed by atoms with Crippen molar-refractivity contribution in [2.24, 2.45) is 11.7 Å². The monoisotopic (exact) mass is 246 g/mol. The molecule has 0 aliphatic carbocycles. The molecule has 1 aromatic rings. The number of carbonyl (C=O) groups is 1. The number of carbonyl (C=O) groups excluding carboxylic acids is 1. The zero-order valence-corrected chi connectivity index (χ0v) is 11.4. The van der Waals surface area contributed by atoms with Crippen LogP contribution in [0.15, 0.2) is 18.2 Å². The Labute approximate surface area is 109 Å². The fourth-order valence-electron chi connectivity index (χ4n) is 2.38. The third kappa shape index (κ3) is 2.41. The Balaban J connectivity index is 2.32. The number of fused-ring (bicyclic) bond motifs is 1. The van der Waals surface area contributed by atoms with Crippen molar-refractivity contribution in [2.45, 2.75) is 39.7 Å². The van der Waals surface area contributed by atoms with Gasteiger partial charge in [-0.05, 0) is 43.9 Å². The van der Waals surface area contributed by atoms with Gasteiger partial charge in [0.25, 0.3) is 0 Å². The second kappa shape index (κ2) is 5.11. The molecule has 0 aromatic heterocycles. The Hall–Kier alpha value is -1.35. The zero-order chi connectivity index (χ0) is 13.3. The van der Waals surface area contributed by atoms with E-state index < -0.39 is 0 Å². The van der Waals surface area contributed by atoms with Crippen molar-refractivity contribution in [1.29, 1.82) is 0 Å². The minimum atomic E-state index is -0.128. The maximum Gasteiger partial charge on any atom is 0.231 e. The van der Waals surface area contributed by atoms with Crippen LogP contribution in [0, 0.1) is 12.8 Å². The van der Waals surface area contributed by atoms with E-state index in [1.54, 1.807) is 0 Å². The molecule has 2 unspecified atom stereocenters. The SMILES string of the molecule is Cc1ccc2c(c1)N(C(=O)C(C)C(C)N)CCC2. The van der Waals surface area contributed by atoms with Gasteiger partial charge in [0.05, 0.1) is 5.92 Å². The first kappa shape index (κ1) is 13.1. The van der Waals surface area contributed by atoms with Crippen LogP contribution in [0.2, 0.25) is 0 Å². The minimum absolute atomic E-state index is 0.104. The molecule has 1 heterocycles. The number of benzene rings is 1. The maximum atomic E-state index is 12.5. The van der Waals surface area contributed by atoms with Gasteiger partial charge < -0.3 is 10.6 Å². The summed E-state index contributed by atoms with van der Waals surface area (Å²) in [5.74, 6) is 0.0213. The molecular formula is C15H22N2O. The first-order chi connectivity index (χ1) is 8.50. The molecule has 1 amide bonds. The lowest BCUT2D eigenvalue weighted by Crippen LogP contribution is -2.44. The molecule has 0 spiro atoms. The lowest BCUT2D eigenvalue weighted by molar-refractivity contribution is -0.122. The normalized spacial score (nSPS) is 18.1. The Bertz CT molecular complexity index is 454. The van der Waals surface area contributed by atoms with E-state index in [1.165, 1.54) is 11.1 Å². The number of amides is 1. The van der Waals surface area contributed by atoms with Gasteiger partial charge in [-0.3, -0.25) is 4.79 Å². The Morgan fingerprint density at radius 1 is 1.39 bits per heavy atom. The van der Waals surface area contributed by atoms with Crippen LogP contribution in [-0.4, -0.2) is 18.5 Å². The van der Waals surface area contributed by atoms with Gasteiger partial charge in [-0.25, -0.2) is 0 Å². The average molecular weight is 246 g/mol. The molecule has 2 atom stereocenters. The van der Waals surface area contributed by atoms with Crippen molar-refractivity contribution in [3.63, 3.8) is 0 Å². The van der Waals surface area contributed by atoms with E-state index in [-0.39, 0.29) is 17.9 Å². The van der Waals surface area contributed by atoms with Crippen molar-refractivity contribution < 1.29 is 4.79 Å². The predicted octanol–water partition coefficient (Wildman–Crippen LogP) is 2.26. The second-order valence-electron chi connectivity index (χ2n) is 5.37. The van der Waals surface area contributed by atoms with E-state index in [9.17, 15) is 4.79 Å². The third-order valence-electron chi connectivity index (χ3n) is 3.80. The second-order valence-corrected chi connectivity index (χ2v) is 5.37. The number of hydrogen-bond acceptors (Lipinski definition) is 2. The molecule has 0 saturated heterocycles. The van der Waals surface area contributed by atoms with Crippen LogP contribution in [0.3, 0.4) is 0 Å². The Morgan fingerprint density at radius 3 is 2.78 bits per heavy atom. The van der Waals surface area contributed by atoms with E-state index in [1.807, 2.05) is 18.7 Å². The summed E-state index contributed by atoms with van der Waals surface area (Å²) in [6.45, 7) is 6.68. The van der Waals surface area contributed by atoms with Crippen LogP contribution in [-0.2, 0) is 11.2 Å². The highest BCUT2D eigenvalue weighted by molar-refractivity contribution is 5.96. The van der Waals surface area contributed by atoms with Crippen molar-refractivity contribution in [3.05, 3.63) is 29.3 Å². The smallest absolute Gasteiger partial charge is 0.231 e. The molecule has 0 fully saturated rings. The van der Waals surface area contributed by atoms with Crippen LogP contribution in [0.25, 0.3) is 0 Å². The zero-order valence-electron chi connectivity index (χ0n) is 11.4. The van der Waals surface area contributed by atoms with E-state index in [2.05, 4.69) is 25.1 Å². The number of nitrogens with two attached hydrogens (primary N) is 1. The largest absolute Gasteiger partial charge is 0.327 e. The van der Waals surface area contributed by atoms with Gasteiger partial charge in [-0.1, -0.05) is 19.1 Å². The van der Waals surface area contributed by atoms with Gasteiger partial charge >= 0.3 is 0 Å². The molecule has 18 heavy (non-hydrogen) atoms. The number of hydrogen-bond donors (Lipinski definition) is 1. The molecule has 3 heteroatoms. The van der Waals surface area contributed by atoms with Gasteiger partial charge in [-0.15, -0.1) is 0 Å². The van der Waals surface area contributed by atoms with Crippen LogP contribution < -0.4 is 10.6 Å². The molecule has 2 N–H and O–H groups in total. The highest BCUT2D eigenvalue weighted by atomic mass is 16.2. The Morgan fingerprint density at radius 2 is 2.11 bits per heavy atom. The standard InChI is InChI=1S/C15H22N2O/c1-10-6-7-13-5-4-8-17(14(13)9-10)15(18)11(2)12(3)16/h6-7,9,11-12H,4-5,8,16H2,1-3H3. The average Bonchev–Trinajstić information content (AvgIpc) is 2.36. The lowest BCUT2D eigenvalue weighted by Gasteiger charge is -2.32.